The molecule has 0 aliphatic heterocycles. The van der Waals surface area contributed by atoms with Gasteiger partial charge in [-0.05, 0) is 13.3 Å². The molecule has 0 aromatic carbocycles. The Hall–Kier alpha value is -0.900. The van der Waals surface area contributed by atoms with Crippen molar-refractivity contribution in [2.45, 2.75) is 32.3 Å². The van der Waals surface area contributed by atoms with Gasteiger partial charge in [0.1, 0.15) is 0 Å². The topological polar surface area (TPSA) is 74.6 Å². The van der Waals surface area contributed by atoms with Crippen molar-refractivity contribution in [3.05, 3.63) is 0 Å². The third-order valence-electron chi connectivity index (χ3n) is 1.44. The van der Waals surface area contributed by atoms with Gasteiger partial charge in [-0.15, -0.1) is 0 Å². The minimum atomic E-state index is -2.21. The van der Waals surface area contributed by atoms with E-state index in [0.717, 1.165) is 6.92 Å². The van der Waals surface area contributed by atoms with Crippen molar-refractivity contribution in [2.75, 3.05) is 0 Å². The number of carbonyl (C=O) groups is 2. The highest BCUT2D eigenvalue weighted by atomic mass is 16.4. The van der Waals surface area contributed by atoms with Gasteiger partial charge in [0.25, 0.3) is 0 Å². The molecule has 0 saturated carbocycles. The average molecular weight is 160 g/mol. The Balaban J connectivity index is 4.30. The average Bonchev–Trinajstić information content (AvgIpc) is 1.88. The molecule has 0 aromatic rings. The number of aliphatic carboxylic acids is 1. The standard InChI is InChI=1S/C7H12O4/c1-3-4-5(8)7(2,11)6(9)10/h11H,3-4H2,1-2H3,(H,9,10). The molecule has 1 atom stereocenters. The van der Waals surface area contributed by atoms with E-state index in [2.05, 4.69) is 0 Å². The van der Waals surface area contributed by atoms with Crippen molar-refractivity contribution < 1.29 is 19.8 Å². The van der Waals surface area contributed by atoms with Crippen LogP contribution in [0.4, 0.5) is 0 Å². The fourth-order valence-electron chi connectivity index (χ4n) is 0.590. The quantitative estimate of drug-likeness (QED) is 0.576. The fourth-order valence-corrected chi connectivity index (χ4v) is 0.590. The number of rotatable bonds is 4. The molecule has 64 valence electrons. The van der Waals surface area contributed by atoms with Gasteiger partial charge < -0.3 is 10.2 Å². The zero-order valence-electron chi connectivity index (χ0n) is 6.63. The monoisotopic (exact) mass is 160 g/mol. The normalized spacial score (nSPS) is 15.5. The van der Waals surface area contributed by atoms with Gasteiger partial charge in [-0.25, -0.2) is 4.79 Å². The van der Waals surface area contributed by atoms with Crippen LogP contribution in [-0.2, 0) is 9.59 Å². The summed E-state index contributed by atoms with van der Waals surface area (Å²) in [5.74, 6) is -2.14. The number of carboxylic acids is 1. The number of Topliss-reactive ketones (excluding diaryl/α,β-unsaturated/α-hetero) is 1. The molecule has 4 heteroatoms. The predicted molar refractivity (Wildman–Crippen MR) is 38.2 cm³/mol. The Labute approximate surface area is 64.8 Å². The minimum absolute atomic E-state index is 0.0965. The van der Waals surface area contributed by atoms with Crippen LogP contribution in [-0.4, -0.2) is 27.6 Å². The van der Waals surface area contributed by atoms with Crippen molar-refractivity contribution in [3.63, 3.8) is 0 Å². The predicted octanol–water partition coefficient (Wildman–Crippen LogP) is 0.191. The van der Waals surface area contributed by atoms with E-state index < -0.39 is 17.4 Å². The van der Waals surface area contributed by atoms with Crippen molar-refractivity contribution >= 4 is 11.8 Å². The molecule has 0 aliphatic rings. The summed E-state index contributed by atoms with van der Waals surface area (Å²) < 4.78 is 0. The first-order chi connectivity index (χ1) is 4.92. The van der Waals surface area contributed by atoms with E-state index >= 15 is 0 Å². The van der Waals surface area contributed by atoms with Crippen LogP contribution in [0.25, 0.3) is 0 Å². The third kappa shape index (κ3) is 2.31. The Morgan fingerprint density at radius 3 is 2.18 bits per heavy atom. The lowest BCUT2D eigenvalue weighted by molar-refractivity contribution is -0.163. The maximum Gasteiger partial charge on any atom is 0.343 e. The van der Waals surface area contributed by atoms with Crippen LogP contribution in [0.1, 0.15) is 26.7 Å². The SMILES string of the molecule is CCCC(=O)C(C)(O)C(=O)O. The fraction of sp³-hybridized carbons (Fsp3) is 0.714. The van der Waals surface area contributed by atoms with E-state index in [0.29, 0.717) is 6.42 Å². The molecular weight excluding hydrogens is 148 g/mol. The van der Waals surface area contributed by atoms with Crippen LogP contribution in [0.3, 0.4) is 0 Å². The lowest BCUT2D eigenvalue weighted by Gasteiger charge is -2.14. The summed E-state index contributed by atoms with van der Waals surface area (Å²) in [6, 6.07) is 0. The molecule has 0 heterocycles. The van der Waals surface area contributed by atoms with Gasteiger partial charge in [-0.2, -0.15) is 0 Å². The van der Waals surface area contributed by atoms with Gasteiger partial charge in [0, 0.05) is 6.42 Å². The van der Waals surface area contributed by atoms with Gasteiger partial charge in [0.05, 0.1) is 0 Å². The molecule has 0 rings (SSSR count). The molecule has 11 heavy (non-hydrogen) atoms. The molecule has 0 bridgehead atoms. The van der Waals surface area contributed by atoms with E-state index in [4.69, 9.17) is 10.2 Å². The molecule has 2 N–H and O–H groups in total. The first kappa shape index (κ1) is 10.1. The largest absolute Gasteiger partial charge is 0.479 e. The smallest absolute Gasteiger partial charge is 0.343 e. The molecule has 1 unspecified atom stereocenters. The molecule has 0 saturated heterocycles. The first-order valence-corrected chi connectivity index (χ1v) is 3.42. The van der Waals surface area contributed by atoms with Gasteiger partial charge in [0.2, 0.25) is 5.60 Å². The molecule has 0 aliphatic carbocycles. The van der Waals surface area contributed by atoms with Crippen LogP contribution in [0, 0.1) is 0 Å². The third-order valence-corrected chi connectivity index (χ3v) is 1.44. The van der Waals surface area contributed by atoms with Crippen LogP contribution >= 0.6 is 0 Å². The minimum Gasteiger partial charge on any atom is -0.479 e. The zero-order chi connectivity index (χ0) is 9.07. The lowest BCUT2D eigenvalue weighted by Crippen LogP contribution is -2.43. The molecule has 0 fully saturated rings. The van der Waals surface area contributed by atoms with Gasteiger partial charge in [-0.3, -0.25) is 4.79 Å². The summed E-state index contributed by atoms with van der Waals surface area (Å²) in [6.07, 6.45) is 0.640. The number of hydrogen-bond acceptors (Lipinski definition) is 3. The summed E-state index contributed by atoms with van der Waals surface area (Å²) in [5, 5.41) is 17.4. The summed E-state index contributed by atoms with van der Waals surface area (Å²) in [7, 11) is 0. The number of carbonyl (C=O) groups excluding carboxylic acids is 1. The lowest BCUT2D eigenvalue weighted by atomic mass is 9.98. The summed E-state index contributed by atoms with van der Waals surface area (Å²) >= 11 is 0. The van der Waals surface area contributed by atoms with Crippen molar-refractivity contribution in [3.8, 4) is 0 Å². The molecule has 0 spiro atoms. The van der Waals surface area contributed by atoms with Crippen LogP contribution in [0.2, 0.25) is 0 Å². The Bertz CT molecular complexity index is 171. The van der Waals surface area contributed by atoms with Gasteiger partial charge >= 0.3 is 5.97 Å². The van der Waals surface area contributed by atoms with E-state index in [1.165, 1.54) is 0 Å². The second-order valence-corrected chi connectivity index (χ2v) is 2.55. The maximum absolute atomic E-state index is 10.9. The zero-order valence-corrected chi connectivity index (χ0v) is 6.63. The van der Waals surface area contributed by atoms with Crippen LogP contribution in [0.5, 0.6) is 0 Å². The van der Waals surface area contributed by atoms with E-state index in [1.54, 1.807) is 6.92 Å². The first-order valence-electron chi connectivity index (χ1n) is 3.42. The highest BCUT2D eigenvalue weighted by molar-refractivity contribution is 6.05. The number of aliphatic hydroxyl groups is 1. The number of carboxylic acid groups (broad SMARTS) is 1. The number of ketones is 1. The van der Waals surface area contributed by atoms with E-state index in [9.17, 15) is 9.59 Å². The highest BCUT2D eigenvalue weighted by Gasteiger charge is 2.37. The highest BCUT2D eigenvalue weighted by Crippen LogP contribution is 2.08. The molecule has 0 radical (unpaired) electrons. The Morgan fingerprint density at radius 2 is 1.91 bits per heavy atom. The van der Waals surface area contributed by atoms with Gasteiger partial charge in [0.15, 0.2) is 5.78 Å². The maximum atomic E-state index is 10.9. The Kier molecular flexibility index (Phi) is 3.19. The van der Waals surface area contributed by atoms with E-state index in [1.807, 2.05) is 0 Å². The second kappa shape index (κ2) is 3.48. The molecule has 0 amide bonds. The Morgan fingerprint density at radius 1 is 1.45 bits per heavy atom. The summed E-state index contributed by atoms with van der Waals surface area (Å²) in [6.45, 7) is 2.74. The van der Waals surface area contributed by atoms with E-state index in [-0.39, 0.29) is 6.42 Å². The van der Waals surface area contributed by atoms with Gasteiger partial charge in [-0.1, -0.05) is 6.92 Å². The van der Waals surface area contributed by atoms with Crippen molar-refractivity contribution in [1.29, 1.82) is 0 Å². The van der Waals surface area contributed by atoms with Crippen LogP contribution < -0.4 is 0 Å². The number of hydrogen-bond donors (Lipinski definition) is 2. The molecule has 0 aromatic heterocycles. The van der Waals surface area contributed by atoms with Crippen LogP contribution in [0.15, 0.2) is 0 Å². The summed E-state index contributed by atoms with van der Waals surface area (Å²) in [5.41, 5.74) is -2.21. The van der Waals surface area contributed by atoms with Crippen molar-refractivity contribution in [1.82, 2.24) is 0 Å². The molecule has 4 nitrogen and oxygen atoms in total. The second-order valence-electron chi connectivity index (χ2n) is 2.55. The summed E-state index contributed by atoms with van der Waals surface area (Å²) in [4.78, 5) is 21.1. The molecular formula is C7H12O4. The van der Waals surface area contributed by atoms with Crippen molar-refractivity contribution in [2.24, 2.45) is 0 Å².